The van der Waals surface area contributed by atoms with Gasteiger partial charge in [-0.1, -0.05) is 24.3 Å². The summed E-state index contributed by atoms with van der Waals surface area (Å²) in [5.74, 6) is 0. The molecule has 2 heteroatoms. The zero-order valence-electron chi connectivity index (χ0n) is 8.59. The summed E-state index contributed by atoms with van der Waals surface area (Å²) in [7, 11) is 0. The Bertz CT molecular complexity index is 723. The van der Waals surface area contributed by atoms with Crippen LogP contribution in [-0.4, -0.2) is 0 Å². The molecule has 0 N–H and O–H groups in total. The Labute approximate surface area is 92.8 Å². The van der Waals surface area contributed by atoms with Crippen LogP contribution >= 0.6 is 0 Å². The van der Waals surface area contributed by atoms with Crippen molar-refractivity contribution in [2.24, 2.45) is 0 Å². The molecule has 0 amide bonds. The van der Waals surface area contributed by atoms with Gasteiger partial charge in [-0.2, -0.15) is 0 Å². The second-order valence-electron chi connectivity index (χ2n) is 3.83. The highest BCUT2D eigenvalue weighted by atomic mass is 14.8. The van der Waals surface area contributed by atoms with Crippen LogP contribution in [0.25, 0.3) is 26.5 Å². The summed E-state index contributed by atoms with van der Waals surface area (Å²) in [4.78, 5) is 3.20. The molecule has 3 rings (SSSR count). The van der Waals surface area contributed by atoms with Crippen LogP contribution in [0.3, 0.4) is 0 Å². The van der Waals surface area contributed by atoms with E-state index in [1.54, 1.807) is 6.07 Å². The van der Waals surface area contributed by atoms with Gasteiger partial charge in [0.25, 0.3) is 0 Å². The van der Waals surface area contributed by atoms with Crippen molar-refractivity contribution < 1.29 is 0 Å². The van der Waals surface area contributed by atoms with Gasteiger partial charge < -0.3 is 0 Å². The van der Waals surface area contributed by atoms with Crippen LogP contribution in [0.2, 0.25) is 0 Å². The SMILES string of the molecule is N#[N+]c1ccc2cc3ccccc3cc2c1. The standard InChI is InChI=1S/C14H9N2/c15-16-14-6-5-12-7-10-3-1-2-4-11(10)8-13(12)9-14/h1-9H/q+1. The van der Waals surface area contributed by atoms with E-state index in [2.05, 4.69) is 29.2 Å². The molecule has 3 aromatic carbocycles. The molecule has 0 saturated carbocycles. The third-order valence-corrected chi connectivity index (χ3v) is 2.80. The molecule has 0 aliphatic heterocycles. The number of hydrogen-bond acceptors (Lipinski definition) is 1. The number of hydrogen-bond donors (Lipinski definition) is 0. The Kier molecular flexibility index (Phi) is 1.84. The van der Waals surface area contributed by atoms with Gasteiger partial charge >= 0.3 is 5.69 Å². The van der Waals surface area contributed by atoms with Crippen molar-refractivity contribution >= 4 is 27.2 Å². The highest BCUT2D eigenvalue weighted by Crippen LogP contribution is 2.26. The normalized spacial score (nSPS) is 10.4. The van der Waals surface area contributed by atoms with E-state index in [4.69, 9.17) is 5.39 Å². The van der Waals surface area contributed by atoms with Gasteiger partial charge in [0.05, 0.1) is 0 Å². The average Bonchev–Trinajstić information content (AvgIpc) is 2.35. The summed E-state index contributed by atoms with van der Waals surface area (Å²) in [6.45, 7) is 0. The van der Waals surface area contributed by atoms with Crippen LogP contribution in [-0.2, 0) is 0 Å². The minimum Gasteiger partial charge on any atom is -0.0616 e. The fourth-order valence-corrected chi connectivity index (χ4v) is 1.99. The minimum absolute atomic E-state index is 0.586. The molecule has 0 radical (unpaired) electrons. The van der Waals surface area contributed by atoms with Crippen LogP contribution in [0.5, 0.6) is 0 Å². The topological polar surface area (TPSA) is 28.1 Å². The number of fused-ring (bicyclic) bond motifs is 2. The predicted octanol–water partition coefficient (Wildman–Crippen LogP) is 4.48. The summed E-state index contributed by atoms with van der Waals surface area (Å²) >= 11 is 0. The third-order valence-electron chi connectivity index (χ3n) is 2.80. The van der Waals surface area contributed by atoms with Crippen LogP contribution in [0.15, 0.2) is 54.6 Å². The molecule has 3 aromatic rings. The van der Waals surface area contributed by atoms with E-state index in [1.807, 2.05) is 24.3 Å². The van der Waals surface area contributed by atoms with Gasteiger partial charge in [-0.3, -0.25) is 0 Å². The first-order valence-electron chi connectivity index (χ1n) is 5.14. The lowest BCUT2D eigenvalue weighted by Crippen LogP contribution is -1.75. The van der Waals surface area contributed by atoms with Crippen molar-refractivity contribution in [3.05, 3.63) is 59.6 Å². The predicted molar refractivity (Wildman–Crippen MR) is 66.2 cm³/mol. The molecule has 0 saturated heterocycles. The van der Waals surface area contributed by atoms with Gasteiger partial charge in [0.15, 0.2) is 4.98 Å². The summed E-state index contributed by atoms with van der Waals surface area (Å²) in [5.41, 5.74) is 0.586. The van der Waals surface area contributed by atoms with Crippen molar-refractivity contribution in [3.8, 4) is 0 Å². The summed E-state index contributed by atoms with van der Waals surface area (Å²) < 4.78 is 0. The lowest BCUT2D eigenvalue weighted by Gasteiger charge is -2.00. The molecular weight excluding hydrogens is 196 g/mol. The second-order valence-corrected chi connectivity index (χ2v) is 3.83. The molecule has 0 unspecified atom stereocenters. The number of diazo groups is 1. The molecule has 0 bridgehead atoms. The van der Waals surface area contributed by atoms with Crippen molar-refractivity contribution in [1.29, 1.82) is 5.39 Å². The molecule has 16 heavy (non-hydrogen) atoms. The molecule has 0 aliphatic carbocycles. The minimum atomic E-state index is 0.586. The molecule has 0 fully saturated rings. The maximum Gasteiger partial charge on any atom is 0.385 e. The highest BCUT2D eigenvalue weighted by molar-refractivity contribution is 5.99. The van der Waals surface area contributed by atoms with E-state index >= 15 is 0 Å². The zero-order valence-corrected chi connectivity index (χ0v) is 8.59. The Morgan fingerprint density at radius 1 is 0.688 bits per heavy atom. The molecule has 74 valence electrons. The van der Waals surface area contributed by atoms with E-state index in [0.717, 1.165) is 10.8 Å². The first-order chi connectivity index (χ1) is 7.86. The summed E-state index contributed by atoms with van der Waals surface area (Å²) in [6, 6.07) is 18.1. The Balaban J connectivity index is 2.43. The van der Waals surface area contributed by atoms with E-state index in [9.17, 15) is 0 Å². The fraction of sp³-hybridized carbons (Fsp3) is 0. The quantitative estimate of drug-likeness (QED) is 0.393. The van der Waals surface area contributed by atoms with Crippen LogP contribution in [0, 0.1) is 5.39 Å². The van der Waals surface area contributed by atoms with Crippen LogP contribution in [0.4, 0.5) is 5.69 Å². The van der Waals surface area contributed by atoms with Gasteiger partial charge in [0.1, 0.15) is 0 Å². The van der Waals surface area contributed by atoms with E-state index in [-0.39, 0.29) is 0 Å². The number of benzene rings is 3. The first-order valence-corrected chi connectivity index (χ1v) is 5.14. The molecule has 0 heterocycles. The van der Waals surface area contributed by atoms with Crippen LogP contribution < -0.4 is 0 Å². The number of rotatable bonds is 0. The van der Waals surface area contributed by atoms with Gasteiger partial charge in [-0.05, 0) is 39.7 Å². The van der Waals surface area contributed by atoms with E-state index < -0.39 is 0 Å². The zero-order chi connectivity index (χ0) is 11.0. The average molecular weight is 205 g/mol. The van der Waals surface area contributed by atoms with Gasteiger partial charge in [-0.25, -0.2) is 0 Å². The Hall–Kier alpha value is -2.40. The van der Waals surface area contributed by atoms with Crippen molar-refractivity contribution in [2.45, 2.75) is 0 Å². The molecular formula is C14H9N2+. The summed E-state index contributed by atoms with van der Waals surface area (Å²) in [6.07, 6.45) is 0. The highest BCUT2D eigenvalue weighted by Gasteiger charge is 2.05. The summed E-state index contributed by atoms with van der Waals surface area (Å²) in [5, 5.41) is 13.4. The van der Waals surface area contributed by atoms with Crippen molar-refractivity contribution in [3.63, 3.8) is 0 Å². The molecule has 0 aromatic heterocycles. The lowest BCUT2D eigenvalue weighted by molar-refractivity contribution is 1.47. The molecule has 0 spiro atoms. The van der Waals surface area contributed by atoms with Crippen LogP contribution in [0.1, 0.15) is 0 Å². The van der Waals surface area contributed by atoms with E-state index in [0.29, 0.717) is 5.69 Å². The molecule has 0 atom stereocenters. The van der Waals surface area contributed by atoms with Gasteiger partial charge in [0.2, 0.25) is 5.39 Å². The van der Waals surface area contributed by atoms with Crippen molar-refractivity contribution in [2.75, 3.05) is 0 Å². The lowest BCUT2D eigenvalue weighted by atomic mass is 10.0. The Morgan fingerprint density at radius 3 is 2.00 bits per heavy atom. The monoisotopic (exact) mass is 205 g/mol. The maximum absolute atomic E-state index is 8.74. The third kappa shape index (κ3) is 1.31. The van der Waals surface area contributed by atoms with Crippen molar-refractivity contribution in [1.82, 2.24) is 0 Å². The first kappa shape index (κ1) is 8.87. The molecule has 0 aliphatic rings. The largest absolute Gasteiger partial charge is 0.385 e. The van der Waals surface area contributed by atoms with E-state index in [1.165, 1.54) is 10.8 Å². The van der Waals surface area contributed by atoms with Gasteiger partial charge in [0, 0.05) is 12.1 Å². The maximum atomic E-state index is 8.74. The Morgan fingerprint density at radius 2 is 1.31 bits per heavy atom. The fourth-order valence-electron chi connectivity index (χ4n) is 1.99. The molecule has 2 nitrogen and oxygen atoms in total. The smallest absolute Gasteiger partial charge is 0.0616 e. The van der Waals surface area contributed by atoms with Gasteiger partial charge in [-0.15, -0.1) is 0 Å². The number of nitrogens with zero attached hydrogens (tertiary/aromatic N) is 2. The second kappa shape index (κ2) is 3.32.